The van der Waals surface area contributed by atoms with E-state index in [4.69, 9.17) is 0 Å². The van der Waals surface area contributed by atoms with Gasteiger partial charge in [-0.1, -0.05) is 30.9 Å². The minimum atomic E-state index is -0.798. The van der Waals surface area contributed by atoms with Crippen molar-refractivity contribution in [3.8, 4) is 0 Å². The zero-order valence-electron chi connectivity index (χ0n) is 13.1. The molecule has 0 saturated heterocycles. The van der Waals surface area contributed by atoms with Gasteiger partial charge in [0, 0.05) is 13.5 Å². The molecular weight excluding hydrogens is 266 g/mol. The van der Waals surface area contributed by atoms with E-state index in [1.54, 1.807) is 11.9 Å². The molecule has 0 aromatic heterocycles. The maximum atomic E-state index is 12.6. The van der Waals surface area contributed by atoms with E-state index in [0.717, 1.165) is 44.9 Å². The molecule has 0 radical (unpaired) electrons. The summed E-state index contributed by atoms with van der Waals surface area (Å²) in [6.45, 7) is 0. The maximum Gasteiger partial charge on any atom is 0.305 e. The first-order valence-electron chi connectivity index (χ1n) is 8.20. The summed E-state index contributed by atoms with van der Waals surface area (Å²) in [5.74, 6) is -0.709. The Kier molecular flexibility index (Phi) is 5.43. The summed E-state index contributed by atoms with van der Waals surface area (Å²) in [6.07, 6.45) is 12.1. The normalized spacial score (nSPS) is 21.5. The van der Waals surface area contributed by atoms with Gasteiger partial charge in [-0.2, -0.15) is 0 Å². The molecule has 2 aliphatic carbocycles. The summed E-state index contributed by atoms with van der Waals surface area (Å²) in [5.41, 5.74) is 0.774. The Labute approximate surface area is 127 Å². The molecule has 1 fully saturated rings. The summed E-state index contributed by atoms with van der Waals surface area (Å²) >= 11 is 0. The van der Waals surface area contributed by atoms with E-state index >= 15 is 0 Å². The van der Waals surface area contributed by atoms with E-state index in [0.29, 0.717) is 6.42 Å². The van der Waals surface area contributed by atoms with Gasteiger partial charge in [0.2, 0.25) is 5.91 Å². The average Bonchev–Trinajstić information content (AvgIpc) is 2.47. The van der Waals surface area contributed by atoms with Crippen molar-refractivity contribution in [1.29, 1.82) is 0 Å². The second-order valence-electron chi connectivity index (χ2n) is 6.59. The topological polar surface area (TPSA) is 57.6 Å². The largest absolute Gasteiger partial charge is 0.481 e. The second-order valence-corrected chi connectivity index (χ2v) is 6.59. The van der Waals surface area contributed by atoms with Gasteiger partial charge < -0.3 is 10.0 Å². The molecule has 0 unspecified atom stereocenters. The molecule has 1 saturated carbocycles. The maximum absolute atomic E-state index is 12.6. The number of nitrogens with zero attached hydrogens (tertiary/aromatic N) is 1. The SMILES string of the molecule is CN(C(=O)CC1=CCCCC1)C1(CC(=O)O)CCCCC1. The van der Waals surface area contributed by atoms with Crippen molar-refractivity contribution in [3.05, 3.63) is 11.6 Å². The molecule has 2 rings (SSSR count). The van der Waals surface area contributed by atoms with E-state index in [1.165, 1.54) is 18.4 Å². The zero-order chi connectivity index (χ0) is 15.3. The molecular formula is C17H27NO3. The van der Waals surface area contributed by atoms with Crippen molar-refractivity contribution in [2.45, 2.75) is 76.2 Å². The number of amides is 1. The fourth-order valence-corrected chi connectivity index (χ4v) is 3.76. The number of carboxylic acid groups (broad SMARTS) is 1. The van der Waals surface area contributed by atoms with Crippen molar-refractivity contribution < 1.29 is 14.7 Å². The lowest BCUT2D eigenvalue weighted by Gasteiger charge is -2.44. The average molecular weight is 293 g/mol. The molecule has 0 bridgehead atoms. The van der Waals surface area contributed by atoms with E-state index in [-0.39, 0.29) is 12.3 Å². The quantitative estimate of drug-likeness (QED) is 0.789. The van der Waals surface area contributed by atoms with Gasteiger partial charge >= 0.3 is 5.97 Å². The number of allylic oxidation sites excluding steroid dienone is 1. The summed E-state index contributed by atoms with van der Waals surface area (Å²) < 4.78 is 0. The van der Waals surface area contributed by atoms with Crippen molar-refractivity contribution in [2.75, 3.05) is 7.05 Å². The summed E-state index contributed by atoms with van der Waals surface area (Å²) in [6, 6.07) is 0. The van der Waals surface area contributed by atoms with Crippen LogP contribution in [0.1, 0.15) is 70.6 Å². The lowest BCUT2D eigenvalue weighted by molar-refractivity contribution is -0.145. The fraction of sp³-hybridized carbons (Fsp3) is 0.765. The highest BCUT2D eigenvalue weighted by Crippen LogP contribution is 2.36. The third-order valence-electron chi connectivity index (χ3n) is 5.11. The first kappa shape index (κ1) is 16.1. The van der Waals surface area contributed by atoms with E-state index < -0.39 is 11.5 Å². The van der Waals surface area contributed by atoms with E-state index in [9.17, 15) is 14.7 Å². The van der Waals surface area contributed by atoms with Crippen LogP contribution in [0.4, 0.5) is 0 Å². The van der Waals surface area contributed by atoms with E-state index in [2.05, 4.69) is 6.08 Å². The van der Waals surface area contributed by atoms with Crippen LogP contribution in [0.3, 0.4) is 0 Å². The number of rotatable bonds is 5. The standard InChI is InChI=1S/C17H27NO3/c1-18(15(19)12-14-8-4-2-5-9-14)17(13-16(20)21)10-6-3-7-11-17/h8H,2-7,9-13H2,1H3,(H,20,21). The first-order chi connectivity index (χ1) is 10.0. The molecule has 4 nitrogen and oxygen atoms in total. The van der Waals surface area contributed by atoms with Crippen molar-refractivity contribution >= 4 is 11.9 Å². The zero-order valence-corrected chi connectivity index (χ0v) is 13.1. The summed E-state index contributed by atoms with van der Waals surface area (Å²) in [7, 11) is 1.81. The first-order valence-corrected chi connectivity index (χ1v) is 8.20. The highest BCUT2D eigenvalue weighted by atomic mass is 16.4. The minimum absolute atomic E-state index is 0.0777. The lowest BCUT2D eigenvalue weighted by Crippen LogP contribution is -2.52. The Bertz CT molecular complexity index is 422. The Morgan fingerprint density at radius 2 is 1.90 bits per heavy atom. The van der Waals surface area contributed by atoms with Gasteiger partial charge in [0.15, 0.2) is 0 Å². The monoisotopic (exact) mass is 293 g/mol. The van der Waals surface area contributed by atoms with Gasteiger partial charge in [-0.25, -0.2) is 0 Å². The third kappa shape index (κ3) is 4.08. The number of carboxylic acids is 1. The van der Waals surface area contributed by atoms with Crippen LogP contribution in [0, 0.1) is 0 Å². The highest BCUT2D eigenvalue weighted by Gasteiger charge is 2.40. The van der Waals surface area contributed by atoms with Crippen molar-refractivity contribution in [3.63, 3.8) is 0 Å². The number of carbonyl (C=O) groups excluding carboxylic acids is 1. The van der Waals surface area contributed by atoms with Crippen molar-refractivity contribution in [2.24, 2.45) is 0 Å². The molecule has 0 spiro atoms. The van der Waals surface area contributed by atoms with Gasteiger partial charge in [-0.05, 0) is 38.5 Å². The predicted molar refractivity (Wildman–Crippen MR) is 82.0 cm³/mol. The molecule has 0 aromatic carbocycles. The Balaban J connectivity index is 2.05. The van der Waals surface area contributed by atoms with Crippen LogP contribution in [-0.4, -0.2) is 34.5 Å². The van der Waals surface area contributed by atoms with Crippen LogP contribution >= 0.6 is 0 Å². The molecule has 0 heterocycles. The lowest BCUT2D eigenvalue weighted by atomic mass is 9.77. The molecule has 1 amide bonds. The molecule has 0 atom stereocenters. The van der Waals surface area contributed by atoms with Gasteiger partial charge in [-0.3, -0.25) is 9.59 Å². The minimum Gasteiger partial charge on any atom is -0.481 e. The van der Waals surface area contributed by atoms with Crippen LogP contribution in [0.25, 0.3) is 0 Å². The van der Waals surface area contributed by atoms with Gasteiger partial charge in [0.1, 0.15) is 0 Å². The molecule has 118 valence electrons. The third-order valence-corrected chi connectivity index (χ3v) is 5.11. The van der Waals surface area contributed by atoms with Gasteiger partial charge in [0.05, 0.1) is 12.0 Å². The molecule has 2 aliphatic rings. The van der Waals surface area contributed by atoms with Gasteiger partial charge in [0.25, 0.3) is 0 Å². The molecule has 1 N–H and O–H groups in total. The number of hydrogen-bond acceptors (Lipinski definition) is 2. The predicted octanol–water partition coefficient (Wildman–Crippen LogP) is 3.51. The Hall–Kier alpha value is -1.32. The number of carbonyl (C=O) groups is 2. The fourth-order valence-electron chi connectivity index (χ4n) is 3.76. The number of aliphatic carboxylic acids is 1. The van der Waals surface area contributed by atoms with E-state index in [1.807, 2.05) is 0 Å². The highest BCUT2D eigenvalue weighted by molar-refractivity contribution is 5.80. The molecule has 21 heavy (non-hydrogen) atoms. The molecule has 0 aromatic rings. The van der Waals surface area contributed by atoms with Crippen LogP contribution in [-0.2, 0) is 9.59 Å². The molecule has 0 aliphatic heterocycles. The van der Waals surface area contributed by atoms with Gasteiger partial charge in [-0.15, -0.1) is 0 Å². The second kappa shape index (κ2) is 7.10. The summed E-state index contributed by atoms with van der Waals surface area (Å²) in [5, 5.41) is 9.23. The van der Waals surface area contributed by atoms with Crippen LogP contribution in [0.2, 0.25) is 0 Å². The van der Waals surface area contributed by atoms with Crippen LogP contribution < -0.4 is 0 Å². The van der Waals surface area contributed by atoms with Crippen LogP contribution in [0.5, 0.6) is 0 Å². The Morgan fingerprint density at radius 3 is 2.48 bits per heavy atom. The van der Waals surface area contributed by atoms with Crippen LogP contribution in [0.15, 0.2) is 11.6 Å². The summed E-state index contributed by atoms with van der Waals surface area (Å²) in [4.78, 5) is 25.6. The smallest absolute Gasteiger partial charge is 0.305 e. The molecule has 4 heteroatoms. The van der Waals surface area contributed by atoms with Crippen molar-refractivity contribution in [1.82, 2.24) is 4.90 Å². The Morgan fingerprint density at radius 1 is 1.19 bits per heavy atom. The number of hydrogen-bond donors (Lipinski definition) is 1.